The highest BCUT2D eigenvalue weighted by molar-refractivity contribution is 7.08. The van der Waals surface area contributed by atoms with Crippen molar-refractivity contribution in [2.75, 3.05) is 13.1 Å². The summed E-state index contributed by atoms with van der Waals surface area (Å²) in [5, 5.41) is 14.1. The number of amides is 1. The molecule has 6 heteroatoms. The minimum Gasteiger partial charge on any atom is -0.386 e. The van der Waals surface area contributed by atoms with E-state index in [4.69, 9.17) is 0 Å². The molecule has 1 saturated heterocycles. The van der Waals surface area contributed by atoms with Crippen LogP contribution in [-0.2, 0) is 6.42 Å². The zero-order valence-corrected chi connectivity index (χ0v) is 11.7. The smallest absolute Gasteiger partial charge is 0.267 e. The Morgan fingerprint density at radius 3 is 2.78 bits per heavy atom. The highest BCUT2D eigenvalue weighted by atomic mass is 32.1. The van der Waals surface area contributed by atoms with E-state index in [2.05, 4.69) is 16.5 Å². The lowest BCUT2D eigenvalue weighted by Crippen LogP contribution is -2.63. The summed E-state index contributed by atoms with van der Waals surface area (Å²) >= 11 is 1.15. The first-order valence-corrected chi connectivity index (χ1v) is 7.20. The van der Waals surface area contributed by atoms with Crippen molar-refractivity contribution in [3.8, 4) is 0 Å². The van der Waals surface area contributed by atoms with E-state index in [9.17, 15) is 9.90 Å². The van der Waals surface area contributed by atoms with E-state index in [-0.39, 0.29) is 5.91 Å². The largest absolute Gasteiger partial charge is 0.386 e. The summed E-state index contributed by atoms with van der Waals surface area (Å²) in [7, 11) is 0. The number of aliphatic hydroxyl groups is 1. The number of aryl methyl sites for hydroxylation is 1. The Balaban J connectivity index is 1.99. The maximum absolute atomic E-state index is 12.2. The highest BCUT2D eigenvalue weighted by Gasteiger charge is 2.43. The van der Waals surface area contributed by atoms with Crippen LogP contribution in [-0.4, -0.2) is 44.2 Å². The Morgan fingerprint density at radius 2 is 2.17 bits per heavy atom. The molecule has 1 aromatic rings. The molecule has 100 valence electrons. The fourth-order valence-corrected chi connectivity index (χ4v) is 3.02. The first-order valence-electron chi connectivity index (χ1n) is 6.42. The van der Waals surface area contributed by atoms with Gasteiger partial charge in [-0.2, -0.15) is 0 Å². The molecule has 0 radical (unpaired) electrons. The summed E-state index contributed by atoms with van der Waals surface area (Å²) < 4.78 is 3.86. The van der Waals surface area contributed by atoms with Crippen LogP contribution in [0.15, 0.2) is 0 Å². The van der Waals surface area contributed by atoms with Crippen LogP contribution < -0.4 is 0 Å². The molecule has 1 amide bonds. The maximum Gasteiger partial charge on any atom is 0.267 e. The third-order valence-corrected chi connectivity index (χ3v) is 3.97. The van der Waals surface area contributed by atoms with Crippen LogP contribution in [0, 0.1) is 0 Å². The van der Waals surface area contributed by atoms with Crippen LogP contribution in [0.3, 0.4) is 0 Å². The van der Waals surface area contributed by atoms with Gasteiger partial charge >= 0.3 is 0 Å². The molecular weight excluding hydrogens is 250 g/mol. The Morgan fingerprint density at radius 1 is 1.44 bits per heavy atom. The van der Waals surface area contributed by atoms with Gasteiger partial charge in [-0.3, -0.25) is 4.79 Å². The number of hydrogen-bond donors (Lipinski definition) is 1. The normalized spacial score (nSPS) is 17.6. The van der Waals surface area contributed by atoms with E-state index in [1.165, 1.54) is 0 Å². The standard InChI is InChI=1S/C12H19N3O2S/c1-3-5-9-10(18-14-13-9)11(16)15-7-12(17,8-15)6-4-2/h17H,3-8H2,1-2H3. The zero-order chi connectivity index (χ0) is 13.2. The van der Waals surface area contributed by atoms with Crippen molar-refractivity contribution in [1.82, 2.24) is 14.5 Å². The third-order valence-electron chi connectivity index (χ3n) is 3.21. The van der Waals surface area contributed by atoms with E-state index >= 15 is 0 Å². The Kier molecular flexibility index (Phi) is 3.97. The van der Waals surface area contributed by atoms with E-state index in [1.54, 1.807) is 4.90 Å². The average molecular weight is 269 g/mol. The van der Waals surface area contributed by atoms with Crippen molar-refractivity contribution < 1.29 is 9.90 Å². The van der Waals surface area contributed by atoms with Crippen molar-refractivity contribution in [2.24, 2.45) is 0 Å². The highest BCUT2D eigenvalue weighted by Crippen LogP contribution is 2.28. The SMILES string of the molecule is CCCc1nnsc1C(=O)N1CC(O)(CCC)C1. The number of hydrogen-bond acceptors (Lipinski definition) is 5. The average Bonchev–Trinajstić information content (AvgIpc) is 2.74. The van der Waals surface area contributed by atoms with E-state index < -0.39 is 5.60 Å². The molecule has 1 aliphatic heterocycles. The summed E-state index contributed by atoms with van der Waals surface area (Å²) in [6, 6.07) is 0. The van der Waals surface area contributed by atoms with Gasteiger partial charge in [-0.05, 0) is 24.4 Å². The molecule has 0 atom stereocenters. The van der Waals surface area contributed by atoms with Crippen LogP contribution in [0.25, 0.3) is 0 Å². The van der Waals surface area contributed by atoms with Crippen molar-refractivity contribution in [1.29, 1.82) is 0 Å². The first-order chi connectivity index (χ1) is 8.59. The van der Waals surface area contributed by atoms with Crippen LogP contribution in [0.5, 0.6) is 0 Å². The fourth-order valence-electron chi connectivity index (χ4n) is 2.35. The van der Waals surface area contributed by atoms with Gasteiger partial charge in [0.1, 0.15) is 4.88 Å². The number of likely N-dealkylation sites (tertiary alicyclic amines) is 1. The molecule has 1 fully saturated rings. The van der Waals surface area contributed by atoms with Gasteiger partial charge < -0.3 is 10.0 Å². The van der Waals surface area contributed by atoms with Gasteiger partial charge in [0, 0.05) is 0 Å². The Labute approximate surface area is 111 Å². The van der Waals surface area contributed by atoms with Gasteiger partial charge in [0.05, 0.1) is 24.4 Å². The lowest BCUT2D eigenvalue weighted by molar-refractivity contribution is -0.0859. The summed E-state index contributed by atoms with van der Waals surface area (Å²) in [5.41, 5.74) is 0.117. The van der Waals surface area contributed by atoms with Gasteiger partial charge in [-0.25, -0.2) is 0 Å². The number of β-amino-alcohol motifs (C(OH)–C–C–N with tert-alkyl or cyclic N) is 1. The van der Waals surface area contributed by atoms with Gasteiger partial charge in [-0.1, -0.05) is 31.2 Å². The van der Waals surface area contributed by atoms with Gasteiger partial charge in [0.15, 0.2) is 0 Å². The summed E-state index contributed by atoms with van der Waals surface area (Å²) in [6.45, 7) is 4.96. The Hall–Kier alpha value is -1.01. The molecule has 0 aliphatic carbocycles. The summed E-state index contributed by atoms with van der Waals surface area (Å²) in [4.78, 5) is 14.5. The van der Waals surface area contributed by atoms with Crippen molar-refractivity contribution in [3.05, 3.63) is 10.6 Å². The van der Waals surface area contributed by atoms with Crippen LogP contribution in [0.1, 0.15) is 48.5 Å². The second kappa shape index (κ2) is 5.32. The molecule has 1 aliphatic rings. The molecule has 5 nitrogen and oxygen atoms in total. The van der Waals surface area contributed by atoms with Crippen LogP contribution in [0.4, 0.5) is 0 Å². The number of rotatable bonds is 5. The monoisotopic (exact) mass is 269 g/mol. The van der Waals surface area contributed by atoms with Gasteiger partial charge in [-0.15, -0.1) is 5.10 Å². The van der Waals surface area contributed by atoms with Crippen molar-refractivity contribution in [2.45, 2.75) is 45.1 Å². The predicted molar refractivity (Wildman–Crippen MR) is 69.7 cm³/mol. The van der Waals surface area contributed by atoms with Crippen molar-refractivity contribution >= 4 is 17.4 Å². The summed E-state index contributed by atoms with van der Waals surface area (Å²) in [6.07, 6.45) is 3.41. The first kappa shape index (κ1) is 13.4. The van der Waals surface area contributed by atoms with Gasteiger partial charge in [0.25, 0.3) is 5.91 Å². The van der Waals surface area contributed by atoms with E-state index in [0.717, 1.165) is 42.9 Å². The van der Waals surface area contributed by atoms with Crippen LogP contribution >= 0.6 is 11.5 Å². The lowest BCUT2D eigenvalue weighted by atomic mass is 9.89. The number of carbonyl (C=O) groups is 1. The number of carbonyl (C=O) groups excluding carboxylic acids is 1. The minimum absolute atomic E-state index is 0.0331. The van der Waals surface area contributed by atoms with Crippen molar-refractivity contribution in [3.63, 3.8) is 0 Å². The number of nitrogens with zero attached hydrogens (tertiary/aromatic N) is 3. The molecule has 1 aromatic heterocycles. The maximum atomic E-state index is 12.2. The van der Waals surface area contributed by atoms with E-state index in [0.29, 0.717) is 18.0 Å². The minimum atomic E-state index is -0.673. The molecule has 0 aromatic carbocycles. The Bertz CT molecular complexity index is 427. The fraction of sp³-hybridized carbons (Fsp3) is 0.750. The summed E-state index contributed by atoms with van der Waals surface area (Å²) in [5.74, 6) is -0.0331. The molecule has 1 N–H and O–H groups in total. The molecule has 0 bridgehead atoms. The molecule has 0 spiro atoms. The molecular formula is C12H19N3O2S. The quantitative estimate of drug-likeness (QED) is 0.879. The lowest BCUT2D eigenvalue weighted by Gasteiger charge is -2.46. The molecule has 2 rings (SSSR count). The second-order valence-corrected chi connectivity index (χ2v) is 5.69. The molecule has 0 saturated carbocycles. The third kappa shape index (κ3) is 2.54. The molecule has 0 unspecified atom stereocenters. The predicted octanol–water partition coefficient (Wildman–Crippen LogP) is 1.48. The van der Waals surface area contributed by atoms with E-state index in [1.807, 2.05) is 6.92 Å². The van der Waals surface area contributed by atoms with Crippen LogP contribution in [0.2, 0.25) is 0 Å². The number of aromatic nitrogens is 2. The zero-order valence-electron chi connectivity index (χ0n) is 10.8. The molecule has 18 heavy (non-hydrogen) atoms. The second-order valence-electron chi connectivity index (χ2n) is 4.93. The van der Waals surface area contributed by atoms with Gasteiger partial charge in [0.2, 0.25) is 0 Å². The topological polar surface area (TPSA) is 66.3 Å². The molecule has 2 heterocycles.